The Morgan fingerprint density at radius 1 is 1.50 bits per heavy atom. The first kappa shape index (κ1) is 11.2. The van der Waals surface area contributed by atoms with Crippen LogP contribution in [0.15, 0.2) is 28.7 Å². The maximum absolute atomic E-state index is 9.93. The van der Waals surface area contributed by atoms with Crippen molar-refractivity contribution in [2.45, 2.75) is 20.0 Å². The molecule has 0 amide bonds. The topological polar surface area (TPSA) is 44.0 Å². The largest absolute Gasteiger partial charge is 0.387 e. The van der Waals surface area contributed by atoms with Gasteiger partial charge in [0.2, 0.25) is 0 Å². The number of halogens is 1. The number of aliphatic hydroxyl groups excluding tert-OH is 1. The minimum Gasteiger partial charge on any atom is -0.387 e. The van der Waals surface area contributed by atoms with Crippen LogP contribution in [0.4, 0.5) is 0 Å². The van der Waals surface area contributed by atoms with Crippen molar-refractivity contribution in [3.05, 3.63) is 34.3 Å². The average molecular weight is 254 g/mol. The zero-order chi connectivity index (χ0) is 10.8. The fourth-order valence-electron chi connectivity index (χ4n) is 1.15. The molecule has 3 heteroatoms. The van der Waals surface area contributed by atoms with Gasteiger partial charge in [-0.25, -0.2) is 0 Å². The first-order valence-electron chi connectivity index (χ1n) is 4.32. The summed E-state index contributed by atoms with van der Waals surface area (Å²) in [6.45, 7) is 3.44. The van der Waals surface area contributed by atoms with E-state index in [2.05, 4.69) is 22.0 Å². The van der Waals surface area contributed by atoms with Gasteiger partial charge >= 0.3 is 0 Å². The number of benzene rings is 1. The van der Waals surface area contributed by atoms with Gasteiger partial charge < -0.3 is 5.11 Å². The van der Waals surface area contributed by atoms with Gasteiger partial charge in [-0.15, -0.1) is 0 Å². The molecule has 0 aliphatic carbocycles. The highest BCUT2D eigenvalue weighted by Crippen LogP contribution is 2.33. The van der Waals surface area contributed by atoms with Crippen molar-refractivity contribution in [1.29, 1.82) is 5.26 Å². The van der Waals surface area contributed by atoms with Crippen LogP contribution >= 0.6 is 15.9 Å². The average Bonchev–Trinajstić information content (AvgIpc) is 2.16. The monoisotopic (exact) mass is 253 g/mol. The van der Waals surface area contributed by atoms with Crippen LogP contribution in [0.2, 0.25) is 0 Å². The molecule has 0 heterocycles. The van der Waals surface area contributed by atoms with E-state index in [0.717, 1.165) is 10.0 Å². The smallest absolute Gasteiger partial charge is 0.0971 e. The molecule has 1 aromatic rings. The van der Waals surface area contributed by atoms with Crippen LogP contribution in [0.1, 0.15) is 25.5 Å². The highest BCUT2D eigenvalue weighted by atomic mass is 79.9. The zero-order valence-electron chi connectivity index (χ0n) is 8.16. The first-order chi connectivity index (χ1) is 6.47. The second-order valence-corrected chi connectivity index (χ2v) is 4.71. The summed E-state index contributed by atoms with van der Waals surface area (Å²) in [5.41, 5.74) is -0.00762. The number of nitriles is 1. The molecule has 0 spiro atoms. The number of hydrogen-bond acceptors (Lipinski definition) is 2. The highest BCUT2D eigenvalue weighted by molar-refractivity contribution is 9.10. The van der Waals surface area contributed by atoms with E-state index in [0.29, 0.717) is 0 Å². The molecule has 0 fully saturated rings. The van der Waals surface area contributed by atoms with E-state index >= 15 is 0 Å². The Morgan fingerprint density at radius 3 is 2.64 bits per heavy atom. The third-order valence-corrected chi connectivity index (χ3v) is 2.63. The lowest BCUT2D eigenvalue weighted by Crippen LogP contribution is -2.19. The van der Waals surface area contributed by atoms with Gasteiger partial charge in [0.15, 0.2) is 0 Å². The van der Waals surface area contributed by atoms with Gasteiger partial charge in [0.1, 0.15) is 0 Å². The Morgan fingerprint density at radius 2 is 2.14 bits per heavy atom. The lowest BCUT2D eigenvalue weighted by molar-refractivity contribution is 0.0867. The van der Waals surface area contributed by atoms with Gasteiger partial charge in [-0.05, 0) is 31.5 Å². The van der Waals surface area contributed by atoms with Crippen molar-refractivity contribution in [3.63, 3.8) is 0 Å². The molecule has 74 valence electrons. The van der Waals surface area contributed by atoms with Crippen LogP contribution < -0.4 is 0 Å². The molecule has 1 rings (SSSR count). The van der Waals surface area contributed by atoms with E-state index in [1.807, 2.05) is 24.3 Å². The molecular weight excluding hydrogens is 242 g/mol. The standard InChI is InChI=1S/C11H12BrNO/c1-11(2,7-13)10(14)8-4-3-5-9(12)6-8/h3-6,10,14H,1-2H3. The SMILES string of the molecule is CC(C)(C#N)C(O)c1cccc(Br)c1. The summed E-state index contributed by atoms with van der Waals surface area (Å²) < 4.78 is 0.905. The lowest BCUT2D eigenvalue weighted by Gasteiger charge is -2.23. The summed E-state index contributed by atoms with van der Waals surface area (Å²) in [4.78, 5) is 0. The summed E-state index contributed by atoms with van der Waals surface area (Å²) in [7, 11) is 0. The van der Waals surface area contributed by atoms with Crippen molar-refractivity contribution in [3.8, 4) is 6.07 Å². The van der Waals surface area contributed by atoms with Crippen molar-refractivity contribution < 1.29 is 5.11 Å². The van der Waals surface area contributed by atoms with Crippen LogP contribution in [-0.4, -0.2) is 5.11 Å². The first-order valence-corrected chi connectivity index (χ1v) is 5.11. The van der Waals surface area contributed by atoms with Crippen LogP contribution in [0.3, 0.4) is 0 Å². The second-order valence-electron chi connectivity index (χ2n) is 3.79. The van der Waals surface area contributed by atoms with Crippen molar-refractivity contribution >= 4 is 15.9 Å². The van der Waals surface area contributed by atoms with E-state index in [1.165, 1.54) is 0 Å². The molecule has 1 aromatic carbocycles. The number of rotatable bonds is 2. The van der Waals surface area contributed by atoms with Crippen LogP contribution in [0.25, 0.3) is 0 Å². The second kappa shape index (κ2) is 4.12. The zero-order valence-corrected chi connectivity index (χ0v) is 9.75. The molecule has 0 saturated carbocycles. The van der Waals surface area contributed by atoms with Gasteiger partial charge in [-0.3, -0.25) is 0 Å². The summed E-state index contributed by atoms with van der Waals surface area (Å²) in [6, 6.07) is 9.46. The number of aliphatic hydroxyl groups is 1. The van der Waals surface area contributed by atoms with Gasteiger partial charge in [0, 0.05) is 4.47 Å². The Labute approximate surface area is 92.3 Å². The van der Waals surface area contributed by atoms with E-state index in [4.69, 9.17) is 5.26 Å². The van der Waals surface area contributed by atoms with E-state index in [-0.39, 0.29) is 0 Å². The van der Waals surface area contributed by atoms with Crippen LogP contribution in [-0.2, 0) is 0 Å². The Balaban J connectivity index is 3.02. The van der Waals surface area contributed by atoms with Crippen LogP contribution in [0, 0.1) is 16.7 Å². The van der Waals surface area contributed by atoms with E-state index < -0.39 is 11.5 Å². The summed E-state index contributed by atoms with van der Waals surface area (Å²) in [5, 5.41) is 18.8. The molecule has 1 atom stereocenters. The van der Waals surface area contributed by atoms with Gasteiger partial charge in [-0.1, -0.05) is 28.1 Å². The maximum atomic E-state index is 9.93. The predicted octanol–water partition coefficient (Wildman–Crippen LogP) is 3.03. The van der Waals surface area contributed by atoms with Crippen molar-refractivity contribution in [1.82, 2.24) is 0 Å². The summed E-state index contributed by atoms with van der Waals surface area (Å²) >= 11 is 3.33. The third kappa shape index (κ3) is 2.34. The molecule has 0 aliphatic heterocycles. The van der Waals surface area contributed by atoms with Crippen LogP contribution in [0.5, 0.6) is 0 Å². The quantitative estimate of drug-likeness (QED) is 0.881. The molecule has 0 bridgehead atoms. The molecule has 0 aliphatic rings. The number of nitrogens with zero attached hydrogens (tertiary/aromatic N) is 1. The minimum absolute atomic E-state index is 0.755. The molecule has 0 saturated heterocycles. The Bertz CT molecular complexity index is 368. The molecule has 0 aromatic heterocycles. The van der Waals surface area contributed by atoms with Gasteiger partial charge in [0.25, 0.3) is 0 Å². The van der Waals surface area contributed by atoms with Crippen molar-refractivity contribution in [2.24, 2.45) is 5.41 Å². The summed E-state index contributed by atoms with van der Waals surface area (Å²) in [5.74, 6) is 0. The fourth-order valence-corrected chi connectivity index (χ4v) is 1.57. The Hall–Kier alpha value is -0.850. The molecule has 2 nitrogen and oxygen atoms in total. The highest BCUT2D eigenvalue weighted by Gasteiger charge is 2.28. The van der Waals surface area contributed by atoms with Gasteiger partial charge in [-0.2, -0.15) is 5.26 Å². The predicted molar refractivity (Wildman–Crippen MR) is 58.5 cm³/mol. The maximum Gasteiger partial charge on any atom is 0.0971 e. The molecule has 14 heavy (non-hydrogen) atoms. The lowest BCUT2D eigenvalue weighted by atomic mass is 9.84. The molecule has 0 radical (unpaired) electrons. The molecule has 1 unspecified atom stereocenters. The molecule has 1 N–H and O–H groups in total. The Kier molecular flexibility index (Phi) is 3.30. The molecular formula is C11H12BrNO. The van der Waals surface area contributed by atoms with E-state index in [1.54, 1.807) is 13.8 Å². The van der Waals surface area contributed by atoms with Crippen molar-refractivity contribution in [2.75, 3.05) is 0 Å². The van der Waals surface area contributed by atoms with E-state index in [9.17, 15) is 5.11 Å². The number of hydrogen-bond donors (Lipinski definition) is 1. The summed E-state index contributed by atoms with van der Waals surface area (Å²) in [6.07, 6.45) is -0.759. The third-order valence-electron chi connectivity index (χ3n) is 2.14. The fraction of sp³-hybridized carbons (Fsp3) is 0.364. The minimum atomic E-state index is -0.763. The normalized spacial score (nSPS) is 13.4. The van der Waals surface area contributed by atoms with Gasteiger partial charge in [0.05, 0.1) is 17.6 Å².